The number of nitriles is 1. The van der Waals surface area contributed by atoms with Crippen LogP contribution in [-0.2, 0) is 0 Å². The van der Waals surface area contributed by atoms with Gasteiger partial charge < -0.3 is 4.74 Å². The molecule has 5 heteroatoms. The quantitative estimate of drug-likeness (QED) is 0.756. The number of nitrogens with zero attached hydrogens (tertiary/aromatic N) is 2. The third-order valence-corrected chi connectivity index (χ3v) is 4.26. The number of aromatic amines is 1. The van der Waals surface area contributed by atoms with Crippen molar-refractivity contribution in [3.05, 3.63) is 71.8 Å². The Morgan fingerprint density at radius 3 is 2.38 bits per heavy atom. The van der Waals surface area contributed by atoms with Crippen molar-refractivity contribution in [3.8, 4) is 23.2 Å². The number of aromatic nitrogens is 2. The molecule has 2 heterocycles. The molecule has 0 saturated carbocycles. The van der Waals surface area contributed by atoms with Gasteiger partial charge in [-0.1, -0.05) is 60.7 Å². The zero-order valence-corrected chi connectivity index (χ0v) is 12.7. The lowest BCUT2D eigenvalue weighted by Gasteiger charge is -2.28. The van der Waals surface area contributed by atoms with Crippen LogP contribution in [0, 0.1) is 22.7 Å². The zero-order chi connectivity index (χ0) is 16.5. The van der Waals surface area contributed by atoms with Crippen LogP contribution in [0.5, 0.6) is 5.88 Å². The summed E-state index contributed by atoms with van der Waals surface area (Å²) in [6.45, 7) is 0. The standard InChI is InChI=1S/C19H14N4O/c20-11-14-15(12-7-3-1-4-8-12)16-17(13-9-5-2-6-10-13)22-23-19(16)24-18(14)21/h1-10,14-15,21H,(H,22,23). The maximum atomic E-state index is 9.62. The Balaban J connectivity index is 1.95. The van der Waals surface area contributed by atoms with E-state index in [4.69, 9.17) is 10.1 Å². The summed E-state index contributed by atoms with van der Waals surface area (Å²) in [5, 5.41) is 24.9. The second kappa shape index (κ2) is 5.67. The van der Waals surface area contributed by atoms with E-state index >= 15 is 0 Å². The number of benzene rings is 2. The minimum absolute atomic E-state index is 0.0648. The minimum Gasteiger partial charge on any atom is -0.422 e. The van der Waals surface area contributed by atoms with Crippen molar-refractivity contribution in [2.45, 2.75) is 5.92 Å². The lowest BCUT2D eigenvalue weighted by Crippen LogP contribution is -2.30. The Bertz CT molecular complexity index is 925. The van der Waals surface area contributed by atoms with Crippen LogP contribution in [0.3, 0.4) is 0 Å². The largest absolute Gasteiger partial charge is 0.422 e. The van der Waals surface area contributed by atoms with Gasteiger partial charge in [0.1, 0.15) is 5.92 Å². The Labute approximate surface area is 139 Å². The molecule has 1 aliphatic heterocycles. The molecule has 0 saturated heterocycles. The predicted molar refractivity (Wildman–Crippen MR) is 89.8 cm³/mol. The van der Waals surface area contributed by atoms with Crippen LogP contribution in [0.25, 0.3) is 11.3 Å². The van der Waals surface area contributed by atoms with Crippen LogP contribution in [0.1, 0.15) is 17.0 Å². The number of H-pyrrole nitrogens is 1. The van der Waals surface area contributed by atoms with Crippen molar-refractivity contribution in [2.75, 3.05) is 0 Å². The van der Waals surface area contributed by atoms with Crippen LogP contribution < -0.4 is 4.74 Å². The Kier molecular flexibility index (Phi) is 3.36. The average Bonchev–Trinajstić information content (AvgIpc) is 3.05. The first-order valence-corrected chi connectivity index (χ1v) is 7.64. The number of hydrogen-bond donors (Lipinski definition) is 2. The molecule has 0 fully saturated rings. The van der Waals surface area contributed by atoms with Gasteiger partial charge in [-0.25, -0.2) is 0 Å². The molecule has 2 unspecified atom stereocenters. The van der Waals surface area contributed by atoms with Crippen LogP contribution in [-0.4, -0.2) is 16.1 Å². The van der Waals surface area contributed by atoms with Gasteiger partial charge in [-0.15, -0.1) is 5.10 Å². The van der Waals surface area contributed by atoms with Gasteiger partial charge in [0.25, 0.3) is 0 Å². The first-order valence-electron chi connectivity index (χ1n) is 7.64. The highest BCUT2D eigenvalue weighted by atomic mass is 16.5. The van der Waals surface area contributed by atoms with Crippen LogP contribution in [0.4, 0.5) is 0 Å². The monoisotopic (exact) mass is 314 g/mol. The lowest BCUT2D eigenvalue weighted by atomic mass is 9.79. The van der Waals surface area contributed by atoms with E-state index in [1.54, 1.807) is 0 Å². The molecule has 3 aromatic rings. The highest BCUT2D eigenvalue weighted by Gasteiger charge is 2.40. The Morgan fingerprint density at radius 1 is 1.04 bits per heavy atom. The van der Waals surface area contributed by atoms with E-state index in [-0.39, 0.29) is 11.8 Å². The van der Waals surface area contributed by atoms with Crippen LogP contribution in [0.2, 0.25) is 0 Å². The molecule has 0 spiro atoms. The summed E-state index contributed by atoms with van der Waals surface area (Å²) in [6.07, 6.45) is 0. The number of rotatable bonds is 2. The van der Waals surface area contributed by atoms with Crippen molar-refractivity contribution in [3.63, 3.8) is 0 Å². The van der Waals surface area contributed by atoms with E-state index in [2.05, 4.69) is 16.3 Å². The molecule has 4 rings (SSSR count). The zero-order valence-electron chi connectivity index (χ0n) is 12.7. The van der Waals surface area contributed by atoms with Gasteiger partial charge in [-0.2, -0.15) is 5.26 Å². The first kappa shape index (κ1) is 14.2. The predicted octanol–water partition coefficient (Wildman–Crippen LogP) is 3.72. The molecule has 0 bridgehead atoms. The summed E-state index contributed by atoms with van der Waals surface area (Å²) in [4.78, 5) is 0. The van der Waals surface area contributed by atoms with Crippen molar-refractivity contribution in [1.29, 1.82) is 10.7 Å². The molecule has 24 heavy (non-hydrogen) atoms. The molecular weight excluding hydrogens is 300 g/mol. The number of hydrogen-bond acceptors (Lipinski definition) is 4. The molecular formula is C19H14N4O. The van der Waals surface area contributed by atoms with E-state index in [0.717, 1.165) is 22.4 Å². The van der Waals surface area contributed by atoms with E-state index < -0.39 is 5.92 Å². The second-order valence-corrected chi connectivity index (χ2v) is 5.64. The molecule has 0 radical (unpaired) electrons. The Morgan fingerprint density at radius 2 is 1.71 bits per heavy atom. The lowest BCUT2D eigenvalue weighted by molar-refractivity contribution is 0.437. The van der Waals surface area contributed by atoms with Crippen molar-refractivity contribution >= 4 is 5.90 Å². The van der Waals surface area contributed by atoms with Gasteiger partial charge in [-0.3, -0.25) is 10.5 Å². The van der Waals surface area contributed by atoms with Crippen LogP contribution >= 0.6 is 0 Å². The Hall–Kier alpha value is -3.39. The average molecular weight is 314 g/mol. The van der Waals surface area contributed by atoms with Gasteiger partial charge in [-0.05, 0) is 11.1 Å². The summed E-state index contributed by atoms with van der Waals surface area (Å²) in [6, 6.07) is 21.8. The van der Waals surface area contributed by atoms with Crippen molar-refractivity contribution < 1.29 is 4.74 Å². The second-order valence-electron chi connectivity index (χ2n) is 5.64. The van der Waals surface area contributed by atoms with Crippen molar-refractivity contribution in [1.82, 2.24) is 10.2 Å². The van der Waals surface area contributed by atoms with Gasteiger partial charge >= 0.3 is 0 Å². The molecule has 2 atom stereocenters. The summed E-state index contributed by atoms with van der Waals surface area (Å²) in [7, 11) is 0. The first-order chi connectivity index (χ1) is 11.8. The topological polar surface area (TPSA) is 85.6 Å². The van der Waals surface area contributed by atoms with E-state index in [1.165, 1.54) is 0 Å². The van der Waals surface area contributed by atoms with Crippen LogP contribution in [0.15, 0.2) is 60.7 Å². The fourth-order valence-electron chi connectivity index (χ4n) is 3.16. The third-order valence-electron chi connectivity index (χ3n) is 4.26. The summed E-state index contributed by atoms with van der Waals surface area (Å²) in [5.74, 6) is -0.662. The number of nitrogens with one attached hydrogen (secondary N) is 2. The molecule has 1 aromatic heterocycles. The fraction of sp³-hybridized carbons (Fsp3) is 0.105. The highest BCUT2D eigenvalue weighted by molar-refractivity contribution is 5.86. The van der Waals surface area contributed by atoms with Crippen molar-refractivity contribution in [2.24, 2.45) is 5.92 Å². The maximum absolute atomic E-state index is 9.62. The molecule has 0 amide bonds. The highest BCUT2D eigenvalue weighted by Crippen LogP contribution is 2.45. The fourth-order valence-corrected chi connectivity index (χ4v) is 3.16. The SMILES string of the molecule is N#CC1C(=N)Oc2n[nH]c(-c3ccccc3)c2C1c1ccccc1. The summed E-state index contributed by atoms with van der Waals surface area (Å²) >= 11 is 0. The molecule has 0 aliphatic carbocycles. The maximum Gasteiger partial charge on any atom is 0.244 e. The summed E-state index contributed by atoms with van der Waals surface area (Å²) < 4.78 is 5.51. The van der Waals surface area contributed by atoms with Gasteiger partial charge in [0.05, 0.1) is 17.3 Å². The van der Waals surface area contributed by atoms with Gasteiger partial charge in [0.15, 0.2) is 0 Å². The van der Waals surface area contributed by atoms with E-state index in [1.807, 2.05) is 60.7 Å². The van der Waals surface area contributed by atoms with Gasteiger partial charge in [0.2, 0.25) is 11.8 Å². The van der Waals surface area contributed by atoms with E-state index in [0.29, 0.717) is 5.88 Å². The minimum atomic E-state index is -0.681. The molecule has 5 nitrogen and oxygen atoms in total. The number of fused-ring (bicyclic) bond motifs is 1. The van der Waals surface area contributed by atoms with Gasteiger partial charge in [0, 0.05) is 5.92 Å². The summed E-state index contributed by atoms with van der Waals surface area (Å²) in [5.41, 5.74) is 3.60. The third kappa shape index (κ3) is 2.17. The molecule has 2 N–H and O–H groups in total. The van der Waals surface area contributed by atoms with E-state index in [9.17, 15) is 5.26 Å². The molecule has 2 aromatic carbocycles. The molecule has 116 valence electrons. The normalized spacial score (nSPS) is 19.2. The smallest absolute Gasteiger partial charge is 0.244 e. The number of ether oxygens (including phenoxy) is 1. The molecule has 1 aliphatic rings.